The molecule has 22 heavy (non-hydrogen) atoms. The number of thiol groups is 2. The van der Waals surface area contributed by atoms with Crippen LogP contribution in [-0.4, -0.2) is 67.3 Å². The molecule has 7 nitrogen and oxygen atoms in total. The number of hydrogen-bond acceptors (Lipinski definition) is 9. The highest BCUT2D eigenvalue weighted by molar-refractivity contribution is 7.81. The van der Waals surface area contributed by atoms with Crippen LogP contribution < -0.4 is 0 Å². The van der Waals surface area contributed by atoms with Gasteiger partial charge in [-0.3, -0.25) is 0 Å². The molecule has 7 N–H and O–H groups in total. The highest BCUT2D eigenvalue weighted by atomic mass is 32.1. The predicted octanol–water partition coefficient (Wildman–Crippen LogP) is -1.85. The van der Waals surface area contributed by atoms with Crippen LogP contribution in [0.4, 0.5) is 0 Å². The van der Waals surface area contributed by atoms with Gasteiger partial charge < -0.3 is 35.7 Å². The Morgan fingerprint density at radius 1 is 1.00 bits per heavy atom. The fourth-order valence-corrected chi connectivity index (χ4v) is 2.71. The Hall–Kier alpha value is -0.360. The molecule has 0 radical (unpaired) electrons. The van der Waals surface area contributed by atoms with Crippen molar-refractivity contribution < 1.29 is 35.7 Å². The van der Waals surface area contributed by atoms with E-state index in [1.54, 1.807) is 0 Å². The second kappa shape index (κ2) is 7.95. The fraction of sp³-hybridized carbons (Fsp3) is 0.538. The van der Waals surface area contributed by atoms with E-state index in [0.717, 1.165) is 0 Å². The van der Waals surface area contributed by atoms with Crippen LogP contribution >= 0.6 is 25.3 Å². The van der Waals surface area contributed by atoms with Gasteiger partial charge >= 0.3 is 0 Å². The van der Waals surface area contributed by atoms with E-state index in [-0.39, 0.29) is 16.0 Å². The topological polar surface area (TPSA) is 142 Å². The van der Waals surface area contributed by atoms with Gasteiger partial charge in [-0.05, 0) is 6.07 Å². The van der Waals surface area contributed by atoms with Crippen molar-refractivity contribution in [2.75, 3.05) is 13.2 Å². The molecule has 0 aliphatic heterocycles. The van der Waals surface area contributed by atoms with Crippen molar-refractivity contribution in [2.24, 2.45) is 0 Å². The van der Waals surface area contributed by atoms with Crippen LogP contribution in [0.2, 0.25) is 0 Å². The molecule has 0 aromatic heterocycles. The molecular weight excluding hydrogens is 332 g/mol. The summed E-state index contributed by atoms with van der Waals surface area (Å²) in [6.07, 6.45) is -6.71. The van der Waals surface area contributed by atoms with E-state index < -0.39 is 42.6 Å². The molecule has 0 bridgehead atoms. The first kappa shape index (κ1) is 19.7. The zero-order valence-corrected chi connectivity index (χ0v) is 13.3. The fourth-order valence-electron chi connectivity index (χ4n) is 2.00. The molecule has 0 fully saturated rings. The Balaban J connectivity index is 3.38. The molecule has 0 saturated carbocycles. The number of hydrogen-bond donors (Lipinski definition) is 9. The lowest BCUT2D eigenvalue weighted by molar-refractivity contribution is -0.0952. The summed E-state index contributed by atoms with van der Waals surface area (Å²) < 4.78 is 0. The van der Waals surface area contributed by atoms with Crippen LogP contribution in [0.1, 0.15) is 17.2 Å². The molecule has 0 saturated heterocycles. The summed E-state index contributed by atoms with van der Waals surface area (Å²) in [5.41, 5.74) is -0.183. The van der Waals surface area contributed by atoms with Crippen molar-refractivity contribution in [3.8, 4) is 0 Å². The predicted molar refractivity (Wildman–Crippen MR) is 83.7 cm³/mol. The van der Waals surface area contributed by atoms with Crippen LogP contribution in [0.15, 0.2) is 23.1 Å². The Morgan fingerprint density at radius 2 is 1.55 bits per heavy atom. The lowest BCUT2D eigenvalue weighted by Crippen LogP contribution is -2.45. The molecule has 0 aliphatic rings. The first-order chi connectivity index (χ1) is 10.2. The molecule has 0 spiro atoms. The van der Waals surface area contributed by atoms with Crippen molar-refractivity contribution in [3.63, 3.8) is 0 Å². The van der Waals surface area contributed by atoms with E-state index in [1.165, 1.54) is 18.2 Å². The summed E-state index contributed by atoms with van der Waals surface area (Å²) in [5, 5.41) is 67.4. The molecular formula is C13H20O7S2. The monoisotopic (exact) mass is 352 g/mol. The zero-order chi connectivity index (χ0) is 17.1. The van der Waals surface area contributed by atoms with E-state index in [2.05, 4.69) is 25.3 Å². The lowest BCUT2D eigenvalue weighted by atomic mass is 9.91. The van der Waals surface area contributed by atoms with Gasteiger partial charge in [0, 0.05) is 16.0 Å². The standard InChI is InChI=1S/C13H20O7S2/c14-4-7(16)11(18)10-6(2-1-3-9(10)21)13(20,22)12(19)8(17)5-15/h1-3,7-8,11-12,14-22H,4-5H2. The molecule has 126 valence electrons. The number of aliphatic hydroxyl groups excluding tert-OH is 6. The lowest BCUT2D eigenvalue weighted by Gasteiger charge is -2.34. The minimum atomic E-state index is -2.34. The molecule has 1 aromatic rings. The van der Waals surface area contributed by atoms with E-state index >= 15 is 0 Å². The minimum Gasteiger partial charge on any atom is -0.394 e. The second-order valence-electron chi connectivity index (χ2n) is 4.85. The van der Waals surface area contributed by atoms with E-state index in [9.17, 15) is 25.5 Å². The molecule has 1 rings (SSSR count). The van der Waals surface area contributed by atoms with Gasteiger partial charge in [-0.15, -0.1) is 25.3 Å². The summed E-state index contributed by atoms with van der Waals surface area (Å²) in [7, 11) is 0. The van der Waals surface area contributed by atoms with Crippen LogP contribution in [0.25, 0.3) is 0 Å². The van der Waals surface area contributed by atoms with Crippen LogP contribution in [-0.2, 0) is 4.93 Å². The summed E-state index contributed by atoms with van der Waals surface area (Å²) in [6, 6.07) is 4.23. The van der Waals surface area contributed by atoms with Crippen molar-refractivity contribution in [1.82, 2.24) is 0 Å². The number of benzene rings is 1. The van der Waals surface area contributed by atoms with Gasteiger partial charge in [-0.25, -0.2) is 0 Å². The Bertz CT molecular complexity index is 497. The highest BCUT2D eigenvalue weighted by Crippen LogP contribution is 2.39. The summed E-state index contributed by atoms with van der Waals surface area (Å²) in [5.74, 6) is 0. The van der Waals surface area contributed by atoms with Crippen LogP contribution in [0, 0.1) is 0 Å². The smallest absolute Gasteiger partial charge is 0.162 e. The van der Waals surface area contributed by atoms with Crippen molar-refractivity contribution in [1.29, 1.82) is 0 Å². The third-order valence-electron chi connectivity index (χ3n) is 3.29. The van der Waals surface area contributed by atoms with Crippen molar-refractivity contribution in [3.05, 3.63) is 29.3 Å². The summed E-state index contributed by atoms with van der Waals surface area (Å²) in [6.45, 7) is -1.56. The van der Waals surface area contributed by atoms with Gasteiger partial charge in [0.05, 0.1) is 13.2 Å². The van der Waals surface area contributed by atoms with Gasteiger partial charge in [-0.2, -0.15) is 0 Å². The Morgan fingerprint density at radius 3 is 2.05 bits per heavy atom. The summed E-state index contributed by atoms with van der Waals surface area (Å²) >= 11 is 8.04. The Labute approximate surface area is 138 Å². The van der Waals surface area contributed by atoms with Crippen molar-refractivity contribution in [2.45, 2.75) is 34.2 Å². The highest BCUT2D eigenvalue weighted by Gasteiger charge is 2.41. The first-order valence-electron chi connectivity index (χ1n) is 6.39. The molecule has 9 heteroatoms. The molecule has 1 aromatic carbocycles. The zero-order valence-electron chi connectivity index (χ0n) is 11.5. The average molecular weight is 352 g/mol. The minimum absolute atomic E-state index is 0.0610. The van der Waals surface area contributed by atoms with Gasteiger partial charge in [0.15, 0.2) is 4.93 Å². The number of aliphatic hydroxyl groups is 7. The van der Waals surface area contributed by atoms with Crippen molar-refractivity contribution >= 4 is 25.3 Å². The van der Waals surface area contributed by atoms with Gasteiger partial charge in [0.2, 0.25) is 0 Å². The molecule has 5 unspecified atom stereocenters. The third kappa shape index (κ3) is 3.94. The van der Waals surface area contributed by atoms with E-state index in [0.29, 0.717) is 0 Å². The number of rotatable bonds is 7. The van der Waals surface area contributed by atoms with E-state index in [4.69, 9.17) is 10.2 Å². The van der Waals surface area contributed by atoms with E-state index in [1.807, 2.05) is 0 Å². The molecule has 5 atom stereocenters. The summed E-state index contributed by atoms with van der Waals surface area (Å²) in [4.78, 5) is -2.16. The maximum absolute atomic E-state index is 10.4. The molecule has 0 aliphatic carbocycles. The SMILES string of the molecule is OCC(O)C(O)c1c(S)cccc1C(O)(S)C(O)C(O)CO. The van der Waals surface area contributed by atoms with Crippen LogP contribution in [0.5, 0.6) is 0 Å². The molecule has 0 amide bonds. The van der Waals surface area contributed by atoms with Gasteiger partial charge in [0.1, 0.15) is 24.4 Å². The van der Waals surface area contributed by atoms with Gasteiger partial charge in [-0.1, -0.05) is 12.1 Å². The molecule has 0 heterocycles. The maximum Gasteiger partial charge on any atom is 0.162 e. The third-order valence-corrected chi connectivity index (χ3v) is 4.19. The average Bonchev–Trinajstić information content (AvgIpc) is 2.51. The Kier molecular flexibility index (Phi) is 7.12. The maximum atomic E-state index is 10.4. The largest absolute Gasteiger partial charge is 0.394 e. The quantitative estimate of drug-likeness (QED) is 0.207. The first-order valence-corrected chi connectivity index (χ1v) is 7.29. The van der Waals surface area contributed by atoms with Gasteiger partial charge in [0.25, 0.3) is 0 Å². The normalized spacial score (nSPS) is 20.0. The second-order valence-corrected chi connectivity index (χ2v) is 6.02. The van der Waals surface area contributed by atoms with Crippen LogP contribution in [0.3, 0.4) is 0 Å².